The van der Waals surface area contributed by atoms with Crippen LogP contribution in [0.15, 0.2) is 244 Å². The summed E-state index contributed by atoms with van der Waals surface area (Å²) in [6, 6.07) is 68.4. The van der Waals surface area contributed by atoms with Gasteiger partial charge in [-0.1, -0.05) is 133 Å². The lowest BCUT2D eigenvalue weighted by Gasteiger charge is -2.27. The number of hydrogen-bond donors (Lipinski definition) is 0. The van der Waals surface area contributed by atoms with Crippen LogP contribution in [0.25, 0.3) is 144 Å². The molecular weight excluding hydrogens is 933 g/mol. The second-order valence-electron chi connectivity index (χ2n) is 19.1. The van der Waals surface area contributed by atoms with Gasteiger partial charge in [0.25, 0.3) is 0 Å². The molecule has 16 aromatic rings. The molecule has 16 rings (SSSR count). The molecule has 0 fully saturated rings. The van der Waals surface area contributed by atoms with Gasteiger partial charge in [0.05, 0.1) is 80.3 Å². The van der Waals surface area contributed by atoms with Crippen LogP contribution in [-0.2, 0) is 0 Å². The average Bonchev–Trinajstić information content (AvgIpc) is 4.36. The standard InChI is InChI=1S/C66H40N10/c1-2-15-41(16-3-1)52-23-14-24-53(71-52)42-17-4-5-22-51(42)62-63(73-54-25-10-6-18-43(54)47-29-33-67-37-58(47)73)65(75-56-27-12-8-20-45(56)49-31-35-69-39-60(49)75)72-66(76-57-28-13-9-21-46(57)50-32-36-70-40-61(50)76)64(62)74-55-26-11-7-19-44(55)48-30-34-68-38-59(48)74/h1-40H. The summed E-state index contributed by atoms with van der Waals surface area (Å²) in [5.74, 6) is 1.38. The Morgan fingerprint density at radius 3 is 1.07 bits per heavy atom. The highest BCUT2D eigenvalue weighted by molar-refractivity contribution is 6.16. The summed E-state index contributed by atoms with van der Waals surface area (Å²) in [5.41, 5.74) is 14.9. The summed E-state index contributed by atoms with van der Waals surface area (Å²) in [6.45, 7) is 0. The van der Waals surface area contributed by atoms with Crippen molar-refractivity contribution in [1.29, 1.82) is 0 Å². The highest BCUT2D eigenvalue weighted by atomic mass is 15.2. The lowest BCUT2D eigenvalue weighted by atomic mass is 9.93. The molecular formula is C66H40N10. The van der Waals surface area contributed by atoms with E-state index in [0.29, 0.717) is 11.6 Å². The summed E-state index contributed by atoms with van der Waals surface area (Å²) >= 11 is 0. The predicted octanol–water partition coefficient (Wildman–Crippen LogP) is 15.4. The Kier molecular flexibility index (Phi) is 9.10. The van der Waals surface area contributed by atoms with Crippen molar-refractivity contribution in [3.63, 3.8) is 0 Å². The third-order valence-corrected chi connectivity index (χ3v) is 15.2. The Labute approximate surface area is 433 Å². The van der Waals surface area contributed by atoms with Crippen LogP contribution in [0.4, 0.5) is 0 Å². The SMILES string of the molecule is c1ccc(-c2cccc(-c3ccccc3-c3c(-n4c5ccccc5c5ccncc54)c(-n4c5ccccc5c5ccncc54)nc(-n4c5ccccc5c5ccncc54)c3-n3c4ccccc4c4ccncc43)n2)cc1. The number of aromatic nitrogens is 10. The van der Waals surface area contributed by atoms with Crippen molar-refractivity contribution in [2.24, 2.45) is 0 Å². The van der Waals surface area contributed by atoms with Crippen LogP contribution >= 0.6 is 0 Å². The quantitative estimate of drug-likeness (QED) is 0.158. The van der Waals surface area contributed by atoms with Crippen molar-refractivity contribution in [2.45, 2.75) is 0 Å². The van der Waals surface area contributed by atoms with Crippen molar-refractivity contribution < 1.29 is 0 Å². The molecule has 0 saturated carbocycles. The van der Waals surface area contributed by atoms with Gasteiger partial charge in [0.1, 0.15) is 11.4 Å². The molecule has 0 amide bonds. The van der Waals surface area contributed by atoms with Crippen LogP contribution in [0.1, 0.15) is 0 Å². The lowest BCUT2D eigenvalue weighted by Crippen LogP contribution is -2.16. The third kappa shape index (κ3) is 6.03. The van der Waals surface area contributed by atoms with Gasteiger partial charge in [-0.2, -0.15) is 0 Å². The first-order chi connectivity index (χ1) is 37.8. The third-order valence-electron chi connectivity index (χ3n) is 15.2. The maximum Gasteiger partial charge on any atom is 0.165 e. The van der Waals surface area contributed by atoms with Gasteiger partial charge in [-0.15, -0.1) is 0 Å². The van der Waals surface area contributed by atoms with E-state index in [1.54, 1.807) is 0 Å². The molecule has 0 atom stereocenters. The largest absolute Gasteiger partial charge is 0.304 e. The molecule has 10 heteroatoms. The van der Waals surface area contributed by atoms with Crippen molar-refractivity contribution >= 4 is 87.2 Å². The lowest BCUT2D eigenvalue weighted by molar-refractivity contribution is 0.958. The van der Waals surface area contributed by atoms with E-state index in [9.17, 15) is 0 Å². The van der Waals surface area contributed by atoms with Gasteiger partial charge in [-0.3, -0.25) is 29.1 Å². The molecule has 354 valence electrons. The van der Waals surface area contributed by atoms with Gasteiger partial charge in [0.15, 0.2) is 11.6 Å². The summed E-state index contributed by atoms with van der Waals surface area (Å²) in [4.78, 5) is 31.3. The van der Waals surface area contributed by atoms with Gasteiger partial charge in [0, 0.05) is 84.6 Å². The van der Waals surface area contributed by atoms with Crippen molar-refractivity contribution in [3.05, 3.63) is 244 Å². The fraction of sp³-hybridized carbons (Fsp3) is 0. The number of hydrogen-bond acceptors (Lipinski definition) is 6. The zero-order valence-electron chi connectivity index (χ0n) is 40.6. The first kappa shape index (κ1) is 42.0. The van der Waals surface area contributed by atoms with Gasteiger partial charge in [-0.05, 0) is 66.2 Å². The molecule has 6 aromatic carbocycles. The smallest absolute Gasteiger partial charge is 0.165 e. The molecule has 0 bridgehead atoms. The molecule has 10 heterocycles. The van der Waals surface area contributed by atoms with Crippen LogP contribution in [0.5, 0.6) is 0 Å². The molecule has 0 aliphatic heterocycles. The zero-order chi connectivity index (χ0) is 49.8. The molecule has 10 aromatic heterocycles. The highest BCUT2D eigenvalue weighted by Crippen LogP contribution is 2.50. The number of rotatable bonds is 7. The Hall–Kier alpha value is -10.6. The average molecular weight is 973 g/mol. The van der Waals surface area contributed by atoms with Crippen molar-refractivity contribution in [1.82, 2.24) is 48.2 Å². The fourth-order valence-corrected chi connectivity index (χ4v) is 12.0. The Morgan fingerprint density at radius 1 is 0.250 bits per heavy atom. The minimum atomic E-state index is 0.689. The minimum Gasteiger partial charge on any atom is -0.304 e. The number of pyridine rings is 6. The molecule has 0 aliphatic carbocycles. The molecule has 10 nitrogen and oxygen atoms in total. The van der Waals surface area contributed by atoms with E-state index in [2.05, 4.69) is 206 Å². The van der Waals surface area contributed by atoms with E-state index >= 15 is 0 Å². The van der Waals surface area contributed by atoms with Crippen LogP contribution < -0.4 is 0 Å². The van der Waals surface area contributed by atoms with Gasteiger partial charge < -0.3 is 9.13 Å². The summed E-state index contributed by atoms with van der Waals surface area (Å²) in [6.07, 6.45) is 15.4. The Bertz CT molecular complexity index is 4560. The monoisotopic (exact) mass is 972 g/mol. The molecule has 76 heavy (non-hydrogen) atoms. The van der Waals surface area contributed by atoms with E-state index in [1.165, 1.54) is 0 Å². The molecule has 0 radical (unpaired) electrons. The van der Waals surface area contributed by atoms with E-state index in [1.807, 2.05) is 55.6 Å². The van der Waals surface area contributed by atoms with Crippen LogP contribution in [0.3, 0.4) is 0 Å². The second kappa shape index (κ2) is 16.5. The minimum absolute atomic E-state index is 0.689. The summed E-state index contributed by atoms with van der Waals surface area (Å²) < 4.78 is 9.42. The molecule has 0 N–H and O–H groups in total. The summed E-state index contributed by atoms with van der Waals surface area (Å²) in [5, 5.41) is 8.60. The molecule has 0 saturated heterocycles. The number of benzene rings is 6. The molecule has 0 aliphatic rings. The topological polar surface area (TPSA) is 97.1 Å². The van der Waals surface area contributed by atoms with E-state index < -0.39 is 0 Å². The Balaban J connectivity index is 1.22. The summed E-state index contributed by atoms with van der Waals surface area (Å²) in [7, 11) is 0. The molecule has 0 unspecified atom stereocenters. The molecule has 0 spiro atoms. The number of fused-ring (bicyclic) bond motifs is 12. The number of nitrogens with zero attached hydrogens (tertiary/aromatic N) is 10. The van der Waals surface area contributed by atoms with Crippen molar-refractivity contribution in [2.75, 3.05) is 0 Å². The second-order valence-corrected chi connectivity index (χ2v) is 19.1. The number of para-hydroxylation sites is 4. The first-order valence-electron chi connectivity index (χ1n) is 25.3. The predicted molar refractivity (Wildman–Crippen MR) is 307 cm³/mol. The first-order valence-corrected chi connectivity index (χ1v) is 25.3. The van der Waals surface area contributed by atoms with E-state index in [4.69, 9.17) is 29.9 Å². The maximum atomic E-state index is 6.31. The van der Waals surface area contributed by atoms with Crippen LogP contribution in [-0.4, -0.2) is 48.2 Å². The van der Waals surface area contributed by atoms with E-state index in [-0.39, 0.29) is 0 Å². The van der Waals surface area contributed by atoms with Crippen molar-refractivity contribution in [3.8, 4) is 56.7 Å². The van der Waals surface area contributed by atoms with Gasteiger partial charge in [0.2, 0.25) is 0 Å². The highest BCUT2D eigenvalue weighted by Gasteiger charge is 2.33. The van der Waals surface area contributed by atoms with Gasteiger partial charge in [-0.25, -0.2) is 9.97 Å². The fourth-order valence-electron chi connectivity index (χ4n) is 12.0. The van der Waals surface area contributed by atoms with E-state index in [0.717, 1.165) is 132 Å². The normalized spacial score (nSPS) is 11.9. The Morgan fingerprint density at radius 2 is 0.605 bits per heavy atom. The zero-order valence-corrected chi connectivity index (χ0v) is 40.6. The van der Waals surface area contributed by atoms with Gasteiger partial charge >= 0.3 is 0 Å². The van der Waals surface area contributed by atoms with Crippen LogP contribution in [0.2, 0.25) is 0 Å². The van der Waals surface area contributed by atoms with Crippen LogP contribution in [0, 0.1) is 0 Å². The maximum absolute atomic E-state index is 6.31.